The highest BCUT2D eigenvalue weighted by Gasteiger charge is 2.22. The molecule has 1 amide bonds. The number of nitrogens with zero attached hydrogens (tertiary/aromatic N) is 1. The summed E-state index contributed by atoms with van der Waals surface area (Å²) in [6.45, 7) is 5.43. The third-order valence-corrected chi connectivity index (χ3v) is 4.74. The van der Waals surface area contributed by atoms with E-state index in [0.29, 0.717) is 11.4 Å². The number of benzene rings is 2. The monoisotopic (exact) mass is 346 g/mol. The summed E-state index contributed by atoms with van der Waals surface area (Å²) in [5, 5.41) is 2.74. The number of rotatable bonds is 5. The number of amides is 1. The summed E-state index contributed by atoms with van der Waals surface area (Å²) in [7, 11) is -3.58. The number of sulfonamides is 1. The number of nitrogens with one attached hydrogen (secondary N) is 1. The molecule has 0 saturated heterocycles. The van der Waals surface area contributed by atoms with E-state index in [2.05, 4.69) is 5.32 Å². The van der Waals surface area contributed by atoms with Crippen LogP contribution in [0.4, 0.5) is 11.4 Å². The molecule has 0 aliphatic heterocycles. The topological polar surface area (TPSA) is 66.5 Å². The van der Waals surface area contributed by atoms with Gasteiger partial charge in [-0.2, -0.15) is 0 Å². The van der Waals surface area contributed by atoms with Crippen molar-refractivity contribution in [3.63, 3.8) is 0 Å². The minimum absolute atomic E-state index is 0.267. The van der Waals surface area contributed by atoms with Crippen molar-refractivity contribution in [2.45, 2.75) is 20.8 Å². The Labute approximate surface area is 143 Å². The van der Waals surface area contributed by atoms with Crippen molar-refractivity contribution in [3.05, 3.63) is 59.2 Å². The first kappa shape index (κ1) is 18.0. The second kappa shape index (κ2) is 7.05. The molecule has 2 aromatic carbocycles. The summed E-state index contributed by atoms with van der Waals surface area (Å²) < 4.78 is 25.4. The van der Waals surface area contributed by atoms with E-state index in [4.69, 9.17) is 0 Å². The fourth-order valence-electron chi connectivity index (χ4n) is 2.52. The first-order chi connectivity index (χ1) is 11.2. The molecule has 0 aliphatic rings. The average molecular weight is 346 g/mol. The Morgan fingerprint density at radius 1 is 1.04 bits per heavy atom. The molecular weight excluding hydrogens is 324 g/mol. The molecule has 24 heavy (non-hydrogen) atoms. The highest BCUT2D eigenvalue weighted by atomic mass is 32.2. The maximum Gasteiger partial charge on any atom is 0.245 e. The Balaban J connectivity index is 2.25. The largest absolute Gasteiger partial charge is 0.325 e. The average Bonchev–Trinajstić information content (AvgIpc) is 2.44. The van der Waals surface area contributed by atoms with Gasteiger partial charge in [-0.15, -0.1) is 0 Å². The van der Waals surface area contributed by atoms with Crippen molar-refractivity contribution in [1.29, 1.82) is 0 Å². The van der Waals surface area contributed by atoms with Crippen molar-refractivity contribution in [3.8, 4) is 0 Å². The Morgan fingerprint density at radius 3 is 2.29 bits per heavy atom. The van der Waals surface area contributed by atoms with Crippen molar-refractivity contribution in [2.75, 3.05) is 22.4 Å². The van der Waals surface area contributed by atoms with E-state index in [1.165, 1.54) is 0 Å². The van der Waals surface area contributed by atoms with Gasteiger partial charge < -0.3 is 5.32 Å². The van der Waals surface area contributed by atoms with Gasteiger partial charge in [0.2, 0.25) is 15.9 Å². The number of hydrogen-bond donors (Lipinski definition) is 1. The molecule has 0 unspecified atom stereocenters. The molecule has 5 nitrogen and oxygen atoms in total. The fraction of sp³-hybridized carbons (Fsp3) is 0.278. The molecular formula is C18H22N2O3S. The molecule has 2 aromatic rings. The smallest absolute Gasteiger partial charge is 0.245 e. The van der Waals surface area contributed by atoms with Gasteiger partial charge in [0, 0.05) is 5.69 Å². The molecule has 128 valence electrons. The predicted octanol–water partition coefficient (Wildman–Crippen LogP) is 3.02. The van der Waals surface area contributed by atoms with E-state index in [1.807, 2.05) is 51.1 Å². The first-order valence-corrected chi connectivity index (χ1v) is 9.43. The van der Waals surface area contributed by atoms with E-state index in [1.54, 1.807) is 12.1 Å². The molecule has 0 aliphatic carbocycles. The highest BCUT2D eigenvalue weighted by molar-refractivity contribution is 7.92. The number of anilines is 2. The Bertz CT molecular complexity index is 860. The maximum absolute atomic E-state index is 12.3. The molecule has 2 rings (SSSR count). The van der Waals surface area contributed by atoms with Gasteiger partial charge in [0.15, 0.2) is 0 Å². The van der Waals surface area contributed by atoms with Crippen molar-refractivity contribution in [1.82, 2.24) is 0 Å². The summed E-state index contributed by atoms with van der Waals surface area (Å²) in [4.78, 5) is 12.3. The van der Waals surface area contributed by atoms with Crippen LogP contribution in [-0.4, -0.2) is 27.1 Å². The van der Waals surface area contributed by atoms with Crippen LogP contribution >= 0.6 is 0 Å². The maximum atomic E-state index is 12.3. The number of aryl methyl sites for hydroxylation is 3. The fourth-order valence-corrected chi connectivity index (χ4v) is 3.43. The number of hydrogen-bond acceptors (Lipinski definition) is 3. The van der Waals surface area contributed by atoms with Gasteiger partial charge in [-0.05, 0) is 50.1 Å². The summed E-state index contributed by atoms with van der Waals surface area (Å²) in [6, 6.07) is 12.8. The van der Waals surface area contributed by atoms with Crippen LogP contribution in [0.1, 0.15) is 16.7 Å². The molecule has 0 aromatic heterocycles. The second-order valence-electron chi connectivity index (χ2n) is 5.98. The summed E-state index contributed by atoms with van der Waals surface area (Å²) >= 11 is 0. The van der Waals surface area contributed by atoms with Crippen LogP contribution in [0.25, 0.3) is 0 Å². The summed E-state index contributed by atoms with van der Waals surface area (Å²) in [6.07, 6.45) is 1.10. The predicted molar refractivity (Wildman–Crippen MR) is 97.9 cm³/mol. The van der Waals surface area contributed by atoms with Crippen LogP contribution in [0, 0.1) is 20.8 Å². The van der Waals surface area contributed by atoms with Crippen molar-refractivity contribution in [2.24, 2.45) is 0 Å². The zero-order valence-corrected chi connectivity index (χ0v) is 15.1. The molecule has 0 spiro atoms. The lowest BCUT2D eigenvalue weighted by atomic mass is 10.1. The molecule has 0 radical (unpaired) electrons. The number of carbonyl (C=O) groups is 1. The normalized spacial score (nSPS) is 11.2. The van der Waals surface area contributed by atoms with E-state index >= 15 is 0 Å². The number of carbonyl (C=O) groups excluding carboxylic acids is 1. The molecule has 0 heterocycles. The van der Waals surface area contributed by atoms with Crippen LogP contribution < -0.4 is 9.62 Å². The van der Waals surface area contributed by atoms with E-state index in [9.17, 15) is 13.2 Å². The summed E-state index contributed by atoms with van der Waals surface area (Å²) in [5.41, 5.74) is 4.02. The van der Waals surface area contributed by atoms with Gasteiger partial charge in [-0.3, -0.25) is 9.10 Å². The first-order valence-electron chi connectivity index (χ1n) is 7.58. The van der Waals surface area contributed by atoms with Gasteiger partial charge in [0.1, 0.15) is 6.54 Å². The van der Waals surface area contributed by atoms with Crippen LogP contribution in [0.15, 0.2) is 42.5 Å². The van der Waals surface area contributed by atoms with Crippen molar-refractivity contribution < 1.29 is 13.2 Å². The molecule has 1 N–H and O–H groups in total. The molecule has 0 fully saturated rings. The van der Waals surface area contributed by atoms with Gasteiger partial charge in [-0.1, -0.05) is 29.8 Å². The van der Waals surface area contributed by atoms with Crippen LogP contribution in [0.5, 0.6) is 0 Å². The molecule has 0 saturated carbocycles. The van der Waals surface area contributed by atoms with Gasteiger partial charge in [0.05, 0.1) is 11.9 Å². The van der Waals surface area contributed by atoms with E-state index in [0.717, 1.165) is 27.3 Å². The quantitative estimate of drug-likeness (QED) is 0.905. The molecule has 6 heteroatoms. The Kier molecular flexibility index (Phi) is 5.29. The van der Waals surface area contributed by atoms with Crippen LogP contribution in [0.3, 0.4) is 0 Å². The lowest BCUT2D eigenvalue weighted by Crippen LogP contribution is -2.37. The lowest BCUT2D eigenvalue weighted by Gasteiger charge is -2.24. The van der Waals surface area contributed by atoms with Crippen LogP contribution in [-0.2, 0) is 14.8 Å². The zero-order valence-electron chi connectivity index (χ0n) is 14.3. The highest BCUT2D eigenvalue weighted by Crippen LogP contribution is 2.23. The Morgan fingerprint density at radius 2 is 1.71 bits per heavy atom. The van der Waals surface area contributed by atoms with Gasteiger partial charge >= 0.3 is 0 Å². The van der Waals surface area contributed by atoms with Crippen molar-refractivity contribution >= 4 is 27.3 Å². The van der Waals surface area contributed by atoms with E-state index < -0.39 is 10.0 Å². The van der Waals surface area contributed by atoms with Gasteiger partial charge in [-0.25, -0.2) is 8.42 Å². The third kappa shape index (κ3) is 4.58. The standard InChI is InChI=1S/C18H22N2O3S/c1-13-6-5-7-16(11-13)19-18(21)12-20(24(4,22)23)17-9-8-14(2)10-15(17)3/h5-11H,12H2,1-4H3,(H,19,21). The van der Waals surface area contributed by atoms with Gasteiger partial charge in [0.25, 0.3) is 0 Å². The molecule has 0 bridgehead atoms. The molecule has 0 atom stereocenters. The third-order valence-electron chi connectivity index (χ3n) is 3.61. The van der Waals surface area contributed by atoms with E-state index in [-0.39, 0.29) is 12.5 Å². The minimum atomic E-state index is -3.58. The second-order valence-corrected chi connectivity index (χ2v) is 7.88. The SMILES string of the molecule is Cc1cccc(NC(=O)CN(c2ccc(C)cc2C)S(C)(=O)=O)c1. The zero-order chi connectivity index (χ0) is 17.9. The minimum Gasteiger partial charge on any atom is -0.325 e. The lowest BCUT2D eigenvalue weighted by molar-refractivity contribution is -0.114. The Hall–Kier alpha value is -2.34. The van der Waals surface area contributed by atoms with Crippen LogP contribution in [0.2, 0.25) is 0 Å². The summed E-state index contributed by atoms with van der Waals surface area (Å²) in [5.74, 6) is -0.383.